The van der Waals surface area contributed by atoms with Crippen LogP contribution in [0.1, 0.15) is 27.0 Å². The third-order valence-electron chi connectivity index (χ3n) is 2.81. The normalized spacial score (nSPS) is 13.3. The molecule has 2 nitrogen and oxygen atoms in total. The minimum Gasteiger partial charge on any atom is -0.405 e. The predicted octanol–water partition coefficient (Wildman–Crippen LogP) is 4.35. The summed E-state index contributed by atoms with van der Waals surface area (Å²) in [6.07, 6.45) is -5.92. The SMILES string of the molecule is Cc1cc(C(O)c2ccccc2OC(F)(F)F)c(C)s1. The summed E-state index contributed by atoms with van der Waals surface area (Å²) in [5, 5.41) is 10.3. The number of alkyl halides is 3. The maximum absolute atomic E-state index is 12.4. The van der Waals surface area contributed by atoms with Crippen LogP contribution in [0, 0.1) is 13.8 Å². The second kappa shape index (κ2) is 5.46. The van der Waals surface area contributed by atoms with E-state index in [0.717, 1.165) is 9.75 Å². The van der Waals surface area contributed by atoms with Gasteiger partial charge < -0.3 is 9.84 Å². The Bertz CT molecular complexity index is 605. The molecule has 2 rings (SSSR count). The van der Waals surface area contributed by atoms with Crippen LogP contribution in [0.15, 0.2) is 30.3 Å². The van der Waals surface area contributed by atoms with Crippen LogP contribution in [0.2, 0.25) is 0 Å². The molecule has 20 heavy (non-hydrogen) atoms. The van der Waals surface area contributed by atoms with Crippen LogP contribution < -0.4 is 4.74 Å². The molecule has 2 aromatic rings. The van der Waals surface area contributed by atoms with Gasteiger partial charge >= 0.3 is 6.36 Å². The summed E-state index contributed by atoms with van der Waals surface area (Å²) in [6.45, 7) is 3.70. The first-order chi connectivity index (χ1) is 9.28. The van der Waals surface area contributed by atoms with Crippen LogP contribution in [-0.2, 0) is 0 Å². The first-order valence-electron chi connectivity index (χ1n) is 5.87. The molecule has 0 aliphatic rings. The highest BCUT2D eigenvalue weighted by Gasteiger charge is 2.33. The van der Waals surface area contributed by atoms with Gasteiger partial charge in [-0.1, -0.05) is 18.2 Å². The van der Waals surface area contributed by atoms with E-state index >= 15 is 0 Å². The third kappa shape index (κ3) is 3.32. The third-order valence-corrected chi connectivity index (χ3v) is 3.79. The van der Waals surface area contributed by atoms with Crippen LogP contribution in [-0.4, -0.2) is 11.5 Å². The molecule has 1 atom stereocenters. The molecule has 1 aromatic heterocycles. The number of thiophene rings is 1. The Labute approximate surface area is 118 Å². The van der Waals surface area contributed by atoms with Crippen molar-refractivity contribution in [2.24, 2.45) is 0 Å². The molecule has 0 bridgehead atoms. The van der Waals surface area contributed by atoms with Crippen molar-refractivity contribution < 1.29 is 23.0 Å². The summed E-state index contributed by atoms with van der Waals surface area (Å²) in [5.41, 5.74) is 0.705. The van der Waals surface area contributed by atoms with Crippen molar-refractivity contribution in [1.82, 2.24) is 0 Å². The minimum absolute atomic E-state index is 0.103. The van der Waals surface area contributed by atoms with Crippen molar-refractivity contribution in [2.45, 2.75) is 26.3 Å². The highest BCUT2D eigenvalue weighted by Crippen LogP contribution is 2.36. The monoisotopic (exact) mass is 302 g/mol. The van der Waals surface area contributed by atoms with E-state index in [4.69, 9.17) is 0 Å². The lowest BCUT2D eigenvalue weighted by Crippen LogP contribution is -2.18. The molecule has 0 saturated heterocycles. The van der Waals surface area contributed by atoms with Gasteiger partial charge in [0, 0.05) is 15.3 Å². The van der Waals surface area contributed by atoms with Crippen molar-refractivity contribution in [3.8, 4) is 5.75 Å². The Kier molecular flexibility index (Phi) is 4.06. The summed E-state index contributed by atoms with van der Waals surface area (Å²) in [7, 11) is 0. The van der Waals surface area contributed by atoms with E-state index in [2.05, 4.69) is 4.74 Å². The molecule has 1 heterocycles. The Morgan fingerprint density at radius 2 is 1.80 bits per heavy atom. The second-order valence-corrected chi connectivity index (χ2v) is 5.82. The largest absolute Gasteiger partial charge is 0.573 e. The maximum Gasteiger partial charge on any atom is 0.573 e. The van der Waals surface area contributed by atoms with Crippen molar-refractivity contribution in [1.29, 1.82) is 0 Å². The first-order valence-corrected chi connectivity index (χ1v) is 6.69. The van der Waals surface area contributed by atoms with Crippen LogP contribution in [0.3, 0.4) is 0 Å². The minimum atomic E-state index is -4.78. The molecule has 0 aliphatic carbocycles. The number of halogens is 3. The second-order valence-electron chi connectivity index (χ2n) is 4.36. The number of benzene rings is 1. The molecule has 1 aromatic carbocycles. The van der Waals surface area contributed by atoms with Gasteiger partial charge in [0.15, 0.2) is 0 Å². The summed E-state index contributed by atoms with van der Waals surface area (Å²) < 4.78 is 41.1. The first kappa shape index (κ1) is 14.9. The zero-order valence-electron chi connectivity index (χ0n) is 10.9. The van der Waals surface area contributed by atoms with Crippen LogP contribution in [0.5, 0.6) is 5.75 Å². The number of rotatable bonds is 3. The van der Waals surface area contributed by atoms with E-state index < -0.39 is 12.5 Å². The van der Waals surface area contributed by atoms with Crippen LogP contribution >= 0.6 is 11.3 Å². The lowest BCUT2D eigenvalue weighted by atomic mass is 10.0. The number of aryl methyl sites for hydroxylation is 2. The molecule has 108 valence electrons. The Morgan fingerprint density at radius 3 is 2.35 bits per heavy atom. The zero-order chi connectivity index (χ0) is 14.9. The summed E-state index contributed by atoms with van der Waals surface area (Å²) >= 11 is 1.49. The highest BCUT2D eigenvalue weighted by molar-refractivity contribution is 7.12. The van der Waals surface area contributed by atoms with Gasteiger partial charge in [-0.3, -0.25) is 0 Å². The maximum atomic E-state index is 12.4. The quantitative estimate of drug-likeness (QED) is 0.913. The summed E-state index contributed by atoms with van der Waals surface area (Å²) in [4.78, 5) is 1.86. The molecule has 0 saturated carbocycles. The molecular formula is C14H13F3O2S. The topological polar surface area (TPSA) is 29.5 Å². The van der Waals surface area contributed by atoms with E-state index in [-0.39, 0.29) is 11.3 Å². The van der Waals surface area contributed by atoms with E-state index in [0.29, 0.717) is 5.56 Å². The average Bonchev–Trinajstić information content (AvgIpc) is 2.66. The lowest BCUT2D eigenvalue weighted by molar-refractivity contribution is -0.275. The standard InChI is InChI=1S/C14H13F3O2S/c1-8-7-11(9(2)20-8)13(18)10-5-3-4-6-12(10)19-14(15,16)17/h3-7,13,18H,1-2H3. The van der Waals surface area contributed by atoms with Crippen molar-refractivity contribution in [2.75, 3.05) is 0 Å². The van der Waals surface area contributed by atoms with E-state index in [1.54, 1.807) is 12.1 Å². The molecule has 6 heteroatoms. The van der Waals surface area contributed by atoms with Gasteiger partial charge in [-0.2, -0.15) is 0 Å². The summed E-state index contributed by atoms with van der Waals surface area (Å²) in [5.74, 6) is -0.379. The van der Waals surface area contributed by atoms with Gasteiger partial charge in [0.25, 0.3) is 0 Å². The van der Waals surface area contributed by atoms with Crippen LogP contribution in [0.25, 0.3) is 0 Å². The molecule has 0 fully saturated rings. The Balaban J connectivity index is 2.40. The van der Waals surface area contributed by atoms with Crippen molar-refractivity contribution in [3.63, 3.8) is 0 Å². The van der Waals surface area contributed by atoms with Gasteiger partial charge in [-0.25, -0.2) is 0 Å². The fourth-order valence-electron chi connectivity index (χ4n) is 2.01. The Morgan fingerprint density at radius 1 is 1.15 bits per heavy atom. The highest BCUT2D eigenvalue weighted by atomic mass is 32.1. The molecule has 0 spiro atoms. The number of ether oxygens (including phenoxy) is 1. The van der Waals surface area contributed by atoms with Gasteiger partial charge in [0.1, 0.15) is 11.9 Å². The van der Waals surface area contributed by atoms with E-state index in [1.807, 2.05) is 13.8 Å². The molecule has 0 aliphatic heterocycles. The molecular weight excluding hydrogens is 289 g/mol. The lowest BCUT2D eigenvalue weighted by Gasteiger charge is -2.17. The number of hydrogen-bond donors (Lipinski definition) is 1. The Hall–Kier alpha value is -1.53. The van der Waals surface area contributed by atoms with Gasteiger partial charge in [0.2, 0.25) is 0 Å². The molecule has 0 amide bonds. The van der Waals surface area contributed by atoms with Gasteiger partial charge in [-0.15, -0.1) is 24.5 Å². The average molecular weight is 302 g/mol. The van der Waals surface area contributed by atoms with Gasteiger partial charge in [-0.05, 0) is 31.5 Å². The van der Waals surface area contributed by atoms with Gasteiger partial charge in [0.05, 0.1) is 0 Å². The zero-order valence-corrected chi connectivity index (χ0v) is 11.7. The number of aliphatic hydroxyl groups is 1. The fraction of sp³-hybridized carbons (Fsp3) is 0.286. The molecule has 0 radical (unpaired) electrons. The summed E-state index contributed by atoms with van der Waals surface area (Å²) in [6, 6.07) is 7.40. The van der Waals surface area contributed by atoms with Crippen LogP contribution in [0.4, 0.5) is 13.2 Å². The molecule has 1 N–H and O–H groups in total. The van der Waals surface area contributed by atoms with E-state index in [1.165, 1.54) is 29.5 Å². The number of para-hydroxylation sites is 1. The predicted molar refractivity (Wildman–Crippen MR) is 71.0 cm³/mol. The number of aliphatic hydroxyl groups excluding tert-OH is 1. The number of hydrogen-bond acceptors (Lipinski definition) is 3. The molecule has 1 unspecified atom stereocenters. The smallest absolute Gasteiger partial charge is 0.405 e. The van der Waals surface area contributed by atoms with E-state index in [9.17, 15) is 18.3 Å². The van der Waals surface area contributed by atoms with Crippen molar-refractivity contribution in [3.05, 3.63) is 51.2 Å². The van der Waals surface area contributed by atoms with Crippen molar-refractivity contribution >= 4 is 11.3 Å². The fourth-order valence-corrected chi connectivity index (χ4v) is 2.97.